The SMILES string of the molecule is COc1cc(/C=C/C(=O)c2ccc(-c3ccc(C(=O)O)o3)cc2)cc2c1OCO2. The Morgan fingerprint density at radius 2 is 1.86 bits per heavy atom. The van der Waals surface area contributed by atoms with E-state index in [1.165, 1.54) is 19.3 Å². The van der Waals surface area contributed by atoms with Gasteiger partial charge >= 0.3 is 5.97 Å². The minimum atomic E-state index is -1.13. The Labute approximate surface area is 165 Å². The van der Waals surface area contributed by atoms with E-state index in [4.69, 9.17) is 23.7 Å². The zero-order valence-corrected chi connectivity index (χ0v) is 15.4. The summed E-state index contributed by atoms with van der Waals surface area (Å²) in [6.07, 6.45) is 3.13. The lowest BCUT2D eigenvalue weighted by Gasteiger charge is -2.05. The molecule has 0 fully saturated rings. The summed E-state index contributed by atoms with van der Waals surface area (Å²) < 4.78 is 21.3. The number of carbonyl (C=O) groups is 2. The van der Waals surface area contributed by atoms with Crippen LogP contribution in [0.1, 0.15) is 26.5 Å². The van der Waals surface area contributed by atoms with Crippen molar-refractivity contribution in [2.75, 3.05) is 13.9 Å². The molecule has 1 aromatic heterocycles. The molecule has 7 nitrogen and oxygen atoms in total. The second kappa shape index (κ2) is 7.55. The van der Waals surface area contributed by atoms with Crippen molar-refractivity contribution in [3.8, 4) is 28.6 Å². The molecule has 1 aliphatic heterocycles. The molecule has 0 saturated heterocycles. The summed E-state index contributed by atoms with van der Waals surface area (Å²) in [5.41, 5.74) is 1.91. The predicted octanol–water partition coefficient (Wildman–Crippen LogP) is 4.28. The first-order valence-electron chi connectivity index (χ1n) is 8.69. The molecule has 0 radical (unpaired) electrons. The van der Waals surface area contributed by atoms with Crippen molar-refractivity contribution in [2.24, 2.45) is 0 Å². The summed E-state index contributed by atoms with van der Waals surface area (Å²) in [6, 6.07) is 13.2. The number of furan rings is 1. The number of methoxy groups -OCH3 is 1. The molecule has 0 unspecified atom stereocenters. The van der Waals surface area contributed by atoms with Crippen LogP contribution in [-0.4, -0.2) is 30.8 Å². The standard InChI is InChI=1S/C22H16O7/c1-26-19-10-13(11-20-21(19)28-12-27-20)2-7-16(23)14-3-5-15(6-4-14)17-8-9-18(29-17)22(24)25/h2-11H,12H2,1H3,(H,24,25)/b7-2+. The van der Waals surface area contributed by atoms with Crippen LogP contribution in [0.2, 0.25) is 0 Å². The number of fused-ring (bicyclic) bond motifs is 1. The van der Waals surface area contributed by atoms with Gasteiger partial charge in [0.15, 0.2) is 17.3 Å². The number of hydrogen-bond donors (Lipinski definition) is 1. The molecule has 0 spiro atoms. The highest BCUT2D eigenvalue weighted by Gasteiger charge is 2.19. The van der Waals surface area contributed by atoms with Crippen molar-refractivity contribution in [3.63, 3.8) is 0 Å². The molecule has 4 rings (SSSR count). The third-order valence-corrected chi connectivity index (χ3v) is 4.38. The first-order valence-corrected chi connectivity index (χ1v) is 8.69. The maximum Gasteiger partial charge on any atom is 0.371 e. The zero-order chi connectivity index (χ0) is 20.4. The van der Waals surface area contributed by atoms with E-state index in [0.717, 1.165) is 5.56 Å². The van der Waals surface area contributed by atoms with Crippen molar-refractivity contribution in [1.82, 2.24) is 0 Å². The smallest absolute Gasteiger partial charge is 0.371 e. The van der Waals surface area contributed by atoms with Crippen molar-refractivity contribution in [1.29, 1.82) is 0 Å². The molecule has 0 atom stereocenters. The van der Waals surface area contributed by atoms with Crippen LogP contribution in [0.25, 0.3) is 17.4 Å². The summed E-state index contributed by atoms with van der Waals surface area (Å²) in [5, 5.41) is 8.93. The average molecular weight is 392 g/mol. The number of aromatic carboxylic acids is 1. The number of benzene rings is 2. The Morgan fingerprint density at radius 1 is 1.07 bits per heavy atom. The van der Waals surface area contributed by atoms with Gasteiger partial charge in [-0.3, -0.25) is 4.79 Å². The largest absolute Gasteiger partial charge is 0.493 e. The molecule has 0 amide bonds. The van der Waals surface area contributed by atoms with Gasteiger partial charge in [0.25, 0.3) is 0 Å². The molecule has 3 aromatic rings. The van der Waals surface area contributed by atoms with Crippen molar-refractivity contribution >= 4 is 17.8 Å². The second-order valence-electron chi connectivity index (χ2n) is 6.20. The summed E-state index contributed by atoms with van der Waals surface area (Å²) >= 11 is 0. The normalized spacial score (nSPS) is 12.3. The Balaban J connectivity index is 1.50. The number of carboxylic acid groups (broad SMARTS) is 1. The van der Waals surface area contributed by atoms with E-state index in [1.54, 1.807) is 48.5 Å². The fraction of sp³-hybridized carbons (Fsp3) is 0.0909. The van der Waals surface area contributed by atoms with Crippen molar-refractivity contribution < 1.29 is 33.3 Å². The number of allylic oxidation sites excluding steroid dienone is 1. The lowest BCUT2D eigenvalue weighted by atomic mass is 10.1. The van der Waals surface area contributed by atoms with Gasteiger partial charge in [-0.25, -0.2) is 4.79 Å². The van der Waals surface area contributed by atoms with Crippen molar-refractivity contribution in [3.05, 3.63) is 71.5 Å². The molecular weight excluding hydrogens is 376 g/mol. The molecule has 1 N–H and O–H groups in total. The molecule has 0 bridgehead atoms. The van der Waals surface area contributed by atoms with Crippen LogP contribution in [0.3, 0.4) is 0 Å². The number of carbonyl (C=O) groups excluding carboxylic acids is 1. The Morgan fingerprint density at radius 3 is 2.55 bits per heavy atom. The van der Waals surface area contributed by atoms with Crippen LogP contribution >= 0.6 is 0 Å². The van der Waals surface area contributed by atoms with E-state index in [9.17, 15) is 9.59 Å². The molecule has 146 valence electrons. The number of carboxylic acids is 1. The quantitative estimate of drug-likeness (QED) is 0.494. The topological polar surface area (TPSA) is 95.2 Å². The summed E-state index contributed by atoms with van der Waals surface area (Å²) in [6.45, 7) is 0.133. The van der Waals surface area contributed by atoms with E-state index in [-0.39, 0.29) is 18.3 Å². The minimum Gasteiger partial charge on any atom is -0.493 e. The lowest BCUT2D eigenvalue weighted by Crippen LogP contribution is -1.94. The third kappa shape index (κ3) is 3.70. The summed E-state index contributed by atoms with van der Waals surface area (Å²) in [5.74, 6) is 0.630. The first kappa shape index (κ1) is 18.4. The zero-order valence-electron chi connectivity index (χ0n) is 15.4. The van der Waals surface area contributed by atoms with Gasteiger partial charge in [0.2, 0.25) is 18.3 Å². The fourth-order valence-electron chi connectivity index (χ4n) is 2.92. The molecule has 29 heavy (non-hydrogen) atoms. The van der Waals surface area contributed by atoms with Gasteiger partial charge in [-0.2, -0.15) is 0 Å². The molecule has 0 saturated carbocycles. The van der Waals surface area contributed by atoms with Crippen LogP contribution in [0, 0.1) is 0 Å². The number of rotatable bonds is 6. The highest BCUT2D eigenvalue weighted by atomic mass is 16.7. The molecular formula is C22H16O7. The van der Waals surface area contributed by atoms with Crippen LogP contribution < -0.4 is 14.2 Å². The van der Waals surface area contributed by atoms with Gasteiger partial charge < -0.3 is 23.7 Å². The minimum absolute atomic E-state index is 0.133. The maximum absolute atomic E-state index is 12.5. The van der Waals surface area contributed by atoms with Gasteiger partial charge in [-0.15, -0.1) is 0 Å². The second-order valence-corrected chi connectivity index (χ2v) is 6.20. The molecule has 0 aliphatic carbocycles. The van der Waals surface area contributed by atoms with Crippen molar-refractivity contribution in [2.45, 2.75) is 0 Å². The number of hydrogen-bond acceptors (Lipinski definition) is 6. The molecule has 1 aliphatic rings. The lowest BCUT2D eigenvalue weighted by molar-refractivity contribution is 0.0663. The monoisotopic (exact) mass is 392 g/mol. The van der Waals surface area contributed by atoms with E-state index >= 15 is 0 Å². The van der Waals surface area contributed by atoms with Gasteiger partial charge in [-0.05, 0) is 35.9 Å². The van der Waals surface area contributed by atoms with E-state index in [1.807, 2.05) is 0 Å². The van der Waals surface area contributed by atoms with Gasteiger partial charge in [-0.1, -0.05) is 30.3 Å². The predicted molar refractivity (Wildman–Crippen MR) is 104 cm³/mol. The summed E-state index contributed by atoms with van der Waals surface area (Å²) in [7, 11) is 1.54. The number of ketones is 1. The molecule has 2 aromatic carbocycles. The average Bonchev–Trinajstić information content (AvgIpc) is 3.41. The molecule has 2 heterocycles. The Hall–Kier alpha value is -4.00. The number of ether oxygens (including phenoxy) is 3. The van der Waals surface area contributed by atoms with Crippen LogP contribution in [0.4, 0.5) is 0 Å². The third-order valence-electron chi connectivity index (χ3n) is 4.38. The highest BCUT2D eigenvalue weighted by molar-refractivity contribution is 6.07. The fourth-order valence-corrected chi connectivity index (χ4v) is 2.92. The van der Waals surface area contributed by atoms with E-state index in [2.05, 4.69) is 0 Å². The van der Waals surface area contributed by atoms with E-state index < -0.39 is 5.97 Å². The van der Waals surface area contributed by atoms with Crippen LogP contribution in [0.15, 0.2) is 59.0 Å². The highest BCUT2D eigenvalue weighted by Crippen LogP contribution is 2.42. The van der Waals surface area contributed by atoms with Crippen LogP contribution in [0.5, 0.6) is 17.2 Å². The van der Waals surface area contributed by atoms with Crippen LogP contribution in [-0.2, 0) is 0 Å². The van der Waals surface area contributed by atoms with Gasteiger partial charge in [0.05, 0.1) is 7.11 Å². The first-order chi connectivity index (χ1) is 14.0. The maximum atomic E-state index is 12.5. The summed E-state index contributed by atoms with van der Waals surface area (Å²) in [4.78, 5) is 23.4. The molecule has 7 heteroatoms. The van der Waals surface area contributed by atoms with Gasteiger partial charge in [0.1, 0.15) is 5.76 Å². The van der Waals surface area contributed by atoms with E-state index in [0.29, 0.717) is 34.1 Å². The van der Waals surface area contributed by atoms with Gasteiger partial charge in [0, 0.05) is 11.1 Å². The Kier molecular flexibility index (Phi) is 4.78. The Bertz CT molecular complexity index is 1110.